The van der Waals surface area contributed by atoms with E-state index in [0.717, 1.165) is 42.4 Å². The summed E-state index contributed by atoms with van der Waals surface area (Å²) < 4.78 is 11.1. The lowest BCUT2D eigenvalue weighted by Crippen LogP contribution is -2.37. The van der Waals surface area contributed by atoms with E-state index >= 15 is 0 Å². The monoisotopic (exact) mass is 395 g/mol. The molecule has 0 saturated carbocycles. The van der Waals surface area contributed by atoms with E-state index in [9.17, 15) is 4.79 Å². The molecule has 8 heteroatoms. The number of nitrogens with zero attached hydrogens (tertiary/aromatic N) is 2. The summed E-state index contributed by atoms with van der Waals surface area (Å²) in [6, 6.07) is 5.46. The number of aromatic nitrogens is 1. The molecule has 1 aromatic carbocycles. The Labute approximate surface area is 164 Å². The quantitative estimate of drug-likeness (QED) is 0.661. The van der Waals surface area contributed by atoms with Crippen LogP contribution in [0, 0.1) is 0 Å². The summed E-state index contributed by atoms with van der Waals surface area (Å²) in [4.78, 5) is 18.1. The van der Waals surface area contributed by atoms with Crippen LogP contribution in [0.5, 0.6) is 0 Å². The molecule has 148 valence electrons. The van der Waals surface area contributed by atoms with Crippen molar-refractivity contribution in [2.45, 2.75) is 18.9 Å². The van der Waals surface area contributed by atoms with E-state index in [2.05, 4.69) is 9.88 Å². The predicted molar refractivity (Wildman–Crippen MR) is 107 cm³/mol. The predicted octanol–water partition coefficient (Wildman–Crippen LogP) is 1.75. The van der Waals surface area contributed by atoms with E-state index in [4.69, 9.17) is 20.3 Å². The molecule has 1 saturated heterocycles. The van der Waals surface area contributed by atoms with Gasteiger partial charge in [0.1, 0.15) is 0 Å². The molecule has 1 amide bonds. The Morgan fingerprint density at radius 2 is 2.00 bits per heavy atom. The molecule has 0 unspecified atom stereocenters. The molecule has 1 fully saturated rings. The minimum atomic E-state index is -0.426. The fourth-order valence-corrected chi connectivity index (χ4v) is 3.26. The van der Waals surface area contributed by atoms with Crippen LogP contribution in [0.1, 0.15) is 23.2 Å². The van der Waals surface area contributed by atoms with Crippen LogP contribution in [0.25, 0.3) is 10.8 Å². The number of pyridine rings is 1. The van der Waals surface area contributed by atoms with Gasteiger partial charge in [-0.1, -0.05) is 6.07 Å². The lowest BCUT2D eigenvalue weighted by Gasteiger charge is -2.34. The number of nitrogens with two attached hydrogens (primary N) is 1. The number of aliphatic hydroxyl groups is 1. The van der Waals surface area contributed by atoms with Gasteiger partial charge in [-0.3, -0.25) is 9.78 Å². The number of primary amides is 1. The second kappa shape index (κ2) is 10.4. The Morgan fingerprint density at radius 3 is 2.70 bits per heavy atom. The van der Waals surface area contributed by atoms with Crippen molar-refractivity contribution in [1.82, 2.24) is 4.98 Å². The molecule has 0 spiro atoms. The molecular formula is C19H26ClN3O4. The molecule has 1 aliphatic rings. The maximum absolute atomic E-state index is 11.5. The van der Waals surface area contributed by atoms with E-state index in [1.165, 1.54) is 0 Å². The van der Waals surface area contributed by atoms with Crippen molar-refractivity contribution in [3.63, 3.8) is 0 Å². The van der Waals surface area contributed by atoms with Gasteiger partial charge >= 0.3 is 0 Å². The Morgan fingerprint density at radius 1 is 1.22 bits per heavy atom. The fraction of sp³-hybridized carbons (Fsp3) is 0.474. The highest BCUT2D eigenvalue weighted by Crippen LogP contribution is 2.29. The van der Waals surface area contributed by atoms with Crippen LogP contribution in [0.15, 0.2) is 30.6 Å². The van der Waals surface area contributed by atoms with Crippen molar-refractivity contribution < 1.29 is 19.4 Å². The summed E-state index contributed by atoms with van der Waals surface area (Å²) in [5.74, 6) is -0.426. The van der Waals surface area contributed by atoms with Gasteiger partial charge in [0, 0.05) is 35.6 Å². The number of carbonyl (C=O) groups excluding carboxylic acids is 1. The zero-order valence-corrected chi connectivity index (χ0v) is 16.0. The van der Waals surface area contributed by atoms with Crippen LogP contribution in [-0.4, -0.2) is 61.6 Å². The molecular weight excluding hydrogens is 370 g/mol. The summed E-state index contributed by atoms with van der Waals surface area (Å²) in [6.07, 6.45) is 5.70. The molecule has 27 heavy (non-hydrogen) atoms. The Hall–Kier alpha value is -1.93. The van der Waals surface area contributed by atoms with Gasteiger partial charge in [-0.2, -0.15) is 0 Å². The number of amides is 1. The number of ether oxygens (including phenoxy) is 2. The third kappa shape index (κ3) is 5.52. The molecule has 1 aromatic heterocycles. The maximum Gasteiger partial charge on any atom is 0.248 e. The largest absolute Gasteiger partial charge is 0.394 e. The number of aliphatic hydroxyl groups excluding tert-OH is 1. The lowest BCUT2D eigenvalue weighted by atomic mass is 10.0. The Kier molecular flexibility index (Phi) is 8.24. The second-order valence-electron chi connectivity index (χ2n) is 6.35. The van der Waals surface area contributed by atoms with Crippen LogP contribution in [-0.2, 0) is 9.47 Å². The first-order valence-electron chi connectivity index (χ1n) is 8.92. The van der Waals surface area contributed by atoms with Crippen molar-refractivity contribution in [3.05, 3.63) is 36.2 Å². The molecule has 0 atom stereocenters. The molecule has 0 aliphatic carbocycles. The van der Waals surface area contributed by atoms with Gasteiger partial charge in [-0.15, -0.1) is 12.4 Å². The number of hydrogen-bond donors (Lipinski definition) is 2. The van der Waals surface area contributed by atoms with Gasteiger partial charge < -0.3 is 25.2 Å². The highest BCUT2D eigenvalue weighted by molar-refractivity contribution is 6.01. The first-order chi connectivity index (χ1) is 12.7. The van der Waals surface area contributed by atoms with Crippen molar-refractivity contribution in [2.75, 3.05) is 44.4 Å². The van der Waals surface area contributed by atoms with Crippen LogP contribution in [0.4, 0.5) is 5.69 Å². The topological polar surface area (TPSA) is 97.9 Å². The summed E-state index contributed by atoms with van der Waals surface area (Å²) in [5.41, 5.74) is 6.95. The highest BCUT2D eigenvalue weighted by Gasteiger charge is 2.21. The van der Waals surface area contributed by atoms with E-state index < -0.39 is 5.91 Å². The van der Waals surface area contributed by atoms with Crippen molar-refractivity contribution in [3.8, 4) is 0 Å². The van der Waals surface area contributed by atoms with Gasteiger partial charge in [0.15, 0.2) is 0 Å². The van der Waals surface area contributed by atoms with E-state index in [0.29, 0.717) is 25.4 Å². The number of hydrogen-bond acceptors (Lipinski definition) is 6. The number of rotatable bonds is 8. The second-order valence-corrected chi connectivity index (χ2v) is 6.35. The van der Waals surface area contributed by atoms with E-state index in [1.54, 1.807) is 12.3 Å². The van der Waals surface area contributed by atoms with Crippen LogP contribution < -0.4 is 10.6 Å². The van der Waals surface area contributed by atoms with Crippen molar-refractivity contribution in [2.24, 2.45) is 5.73 Å². The SMILES string of the molecule is Cl.NC(=O)c1ccc2cncc(N3CCC(OCCOCCO)CC3)c2c1. The zero-order chi connectivity index (χ0) is 18.4. The standard InChI is InChI=1S/C19H25N3O4.ClH/c20-19(24)14-1-2-15-12-21-13-18(17(15)11-14)22-5-3-16(4-6-22)26-10-9-25-8-7-23;/h1-2,11-13,16,23H,3-10H2,(H2,20,24);1H. The van der Waals surface area contributed by atoms with Crippen LogP contribution in [0.3, 0.4) is 0 Å². The molecule has 0 radical (unpaired) electrons. The Balaban J connectivity index is 0.00000261. The van der Waals surface area contributed by atoms with Gasteiger partial charge in [-0.05, 0) is 25.0 Å². The smallest absolute Gasteiger partial charge is 0.248 e. The average Bonchev–Trinajstić information content (AvgIpc) is 2.67. The summed E-state index contributed by atoms with van der Waals surface area (Å²) in [5, 5.41) is 10.7. The summed E-state index contributed by atoms with van der Waals surface area (Å²) in [7, 11) is 0. The minimum Gasteiger partial charge on any atom is -0.394 e. The van der Waals surface area contributed by atoms with Crippen LogP contribution in [0.2, 0.25) is 0 Å². The number of benzene rings is 1. The lowest BCUT2D eigenvalue weighted by molar-refractivity contribution is -0.0106. The van der Waals surface area contributed by atoms with E-state index in [-0.39, 0.29) is 25.1 Å². The third-order valence-corrected chi connectivity index (χ3v) is 4.62. The van der Waals surface area contributed by atoms with Gasteiger partial charge in [0.2, 0.25) is 5.91 Å². The highest BCUT2D eigenvalue weighted by atomic mass is 35.5. The van der Waals surface area contributed by atoms with Gasteiger partial charge in [0.25, 0.3) is 0 Å². The molecule has 0 bridgehead atoms. The van der Waals surface area contributed by atoms with Gasteiger partial charge in [-0.25, -0.2) is 0 Å². The molecule has 1 aliphatic heterocycles. The number of halogens is 1. The first-order valence-corrected chi connectivity index (χ1v) is 8.92. The normalized spacial score (nSPS) is 14.9. The number of anilines is 1. The van der Waals surface area contributed by atoms with Crippen molar-refractivity contribution in [1.29, 1.82) is 0 Å². The fourth-order valence-electron chi connectivity index (χ4n) is 3.26. The maximum atomic E-state index is 11.5. The molecule has 7 nitrogen and oxygen atoms in total. The van der Waals surface area contributed by atoms with Crippen molar-refractivity contribution >= 4 is 34.8 Å². The summed E-state index contributed by atoms with van der Waals surface area (Å²) in [6.45, 7) is 3.16. The zero-order valence-electron chi connectivity index (χ0n) is 15.2. The third-order valence-electron chi connectivity index (χ3n) is 4.62. The number of piperidine rings is 1. The molecule has 2 aromatic rings. The van der Waals surface area contributed by atoms with Crippen LogP contribution >= 0.6 is 12.4 Å². The minimum absolute atomic E-state index is 0. The number of fused-ring (bicyclic) bond motifs is 1. The molecule has 3 rings (SSSR count). The molecule has 2 heterocycles. The molecule has 3 N–H and O–H groups in total. The number of carbonyl (C=O) groups is 1. The average molecular weight is 396 g/mol. The Bertz CT molecular complexity index is 751. The first kappa shape index (κ1) is 21.4. The van der Waals surface area contributed by atoms with Gasteiger partial charge in [0.05, 0.1) is 44.4 Å². The summed E-state index contributed by atoms with van der Waals surface area (Å²) >= 11 is 0. The van der Waals surface area contributed by atoms with E-state index in [1.807, 2.05) is 18.3 Å².